The van der Waals surface area contributed by atoms with Gasteiger partial charge >= 0.3 is 19.8 Å². The lowest BCUT2D eigenvalue weighted by Gasteiger charge is -2.20. The highest BCUT2D eigenvalue weighted by Crippen LogP contribution is 2.43. The largest absolute Gasteiger partial charge is 0.472 e. The molecule has 0 aliphatic rings. The molecule has 51 heavy (non-hydrogen) atoms. The van der Waals surface area contributed by atoms with Gasteiger partial charge in [-0.3, -0.25) is 18.6 Å². The van der Waals surface area contributed by atoms with Crippen LogP contribution in [-0.2, 0) is 32.7 Å². The monoisotopic (exact) mass is 740 g/mol. The molecule has 9 nitrogen and oxygen atoms in total. The van der Waals surface area contributed by atoms with Crippen molar-refractivity contribution in [3.63, 3.8) is 0 Å². The highest BCUT2D eigenvalue weighted by molar-refractivity contribution is 7.47. The Morgan fingerprint density at radius 3 is 1.65 bits per heavy atom. The fourth-order valence-corrected chi connectivity index (χ4v) is 5.71. The van der Waals surface area contributed by atoms with Crippen LogP contribution in [0.15, 0.2) is 48.6 Å². The molecule has 0 heterocycles. The average Bonchev–Trinajstić information content (AvgIpc) is 3.09. The first kappa shape index (κ1) is 49.0. The number of carbonyl (C=O) groups excluding carboxylic acids is 2. The van der Waals surface area contributed by atoms with E-state index in [2.05, 4.69) is 62.5 Å². The molecular weight excluding hydrogens is 665 g/mol. The van der Waals surface area contributed by atoms with E-state index >= 15 is 0 Å². The Balaban J connectivity index is 4.38. The van der Waals surface area contributed by atoms with E-state index in [4.69, 9.17) is 18.5 Å². The molecule has 0 bridgehead atoms. The van der Waals surface area contributed by atoms with Gasteiger partial charge in [0.1, 0.15) is 6.61 Å². The Bertz CT molecular complexity index is 994. The van der Waals surface area contributed by atoms with E-state index in [1.165, 1.54) is 38.5 Å². The van der Waals surface area contributed by atoms with Crippen molar-refractivity contribution in [2.75, 3.05) is 40.5 Å². The topological polar surface area (TPSA) is 112 Å². The summed E-state index contributed by atoms with van der Waals surface area (Å²) >= 11 is 0. The van der Waals surface area contributed by atoms with Gasteiger partial charge in [0.15, 0.2) is 6.10 Å². The SMILES string of the molecule is CCCC/C=C\CCCCCCCC(=O)OC(COC(=O)CCCCCC/C=C\C/C=C\C/C=C\CCCCC)COP(=O)(O)OCCN(C)C. The summed E-state index contributed by atoms with van der Waals surface area (Å²) in [7, 11) is -0.729. The highest BCUT2D eigenvalue weighted by Gasteiger charge is 2.26. The van der Waals surface area contributed by atoms with Crippen molar-refractivity contribution in [1.29, 1.82) is 0 Å². The van der Waals surface area contributed by atoms with Gasteiger partial charge in [0.25, 0.3) is 0 Å². The Labute approximate surface area is 311 Å². The summed E-state index contributed by atoms with van der Waals surface area (Å²) in [6.45, 7) is 4.20. The summed E-state index contributed by atoms with van der Waals surface area (Å²) < 4.78 is 33.3. The number of unbranched alkanes of at least 4 members (excludes halogenated alkanes) is 14. The molecule has 0 saturated carbocycles. The smallest absolute Gasteiger partial charge is 0.462 e. The van der Waals surface area contributed by atoms with E-state index in [0.717, 1.165) is 77.0 Å². The summed E-state index contributed by atoms with van der Waals surface area (Å²) in [4.78, 5) is 36.8. The Morgan fingerprint density at radius 1 is 0.608 bits per heavy atom. The first-order valence-electron chi connectivity index (χ1n) is 19.9. The number of ether oxygens (including phenoxy) is 2. The van der Waals surface area contributed by atoms with Crippen molar-refractivity contribution in [2.45, 2.75) is 161 Å². The zero-order valence-electron chi connectivity index (χ0n) is 32.8. The van der Waals surface area contributed by atoms with Crippen LogP contribution < -0.4 is 0 Å². The second-order valence-corrected chi connectivity index (χ2v) is 14.9. The van der Waals surface area contributed by atoms with Gasteiger partial charge in [0, 0.05) is 19.4 Å². The maximum Gasteiger partial charge on any atom is 0.472 e. The zero-order chi connectivity index (χ0) is 37.7. The van der Waals surface area contributed by atoms with Crippen LogP contribution in [0.3, 0.4) is 0 Å². The van der Waals surface area contributed by atoms with Gasteiger partial charge in [0.2, 0.25) is 0 Å². The first-order valence-corrected chi connectivity index (χ1v) is 21.4. The number of esters is 2. The molecule has 0 spiro atoms. The average molecular weight is 740 g/mol. The van der Waals surface area contributed by atoms with E-state index in [-0.39, 0.29) is 26.1 Å². The van der Waals surface area contributed by atoms with Crippen LogP contribution in [0, 0.1) is 0 Å². The van der Waals surface area contributed by atoms with Crippen LogP contribution in [0.4, 0.5) is 0 Å². The molecule has 0 radical (unpaired) electrons. The number of allylic oxidation sites excluding steroid dienone is 8. The van der Waals surface area contributed by atoms with Crippen molar-refractivity contribution in [1.82, 2.24) is 4.90 Å². The molecule has 0 amide bonds. The maximum atomic E-state index is 12.6. The van der Waals surface area contributed by atoms with E-state index in [1.807, 2.05) is 19.0 Å². The third-order valence-corrected chi connectivity index (χ3v) is 9.09. The summed E-state index contributed by atoms with van der Waals surface area (Å²) in [5.74, 6) is -0.844. The highest BCUT2D eigenvalue weighted by atomic mass is 31.2. The Hall–Kier alpha value is -2.03. The molecule has 0 saturated heterocycles. The maximum absolute atomic E-state index is 12.6. The van der Waals surface area contributed by atoms with Gasteiger partial charge in [-0.1, -0.05) is 120 Å². The van der Waals surface area contributed by atoms with Gasteiger partial charge in [-0.05, 0) is 84.7 Å². The van der Waals surface area contributed by atoms with Gasteiger partial charge in [-0.2, -0.15) is 0 Å². The van der Waals surface area contributed by atoms with Crippen LogP contribution >= 0.6 is 7.82 Å². The third kappa shape index (κ3) is 37.5. The lowest BCUT2D eigenvalue weighted by molar-refractivity contribution is -0.161. The van der Waals surface area contributed by atoms with Crippen LogP contribution in [0.1, 0.15) is 155 Å². The van der Waals surface area contributed by atoms with Gasteiger partial charge in [0.05, 0.1) is 13.2 Å². The van der Waals surface area contributed by atoms with Crippen molar-refractivity contribution < 1.29 is 37.6 Å². The molecule has 2 unspecified atom stereocenters. The summed E-state index contributed by atoms with van der Waals surface area (Å²) in [5, 5.41) is 0. The van der Waals surface area contributed by atoms with E-state index in [0.29, 0.717) is 19.4 Å². The first-order chi connectivity index (χ1) is 24.7. The number of likely N-dealkylation sites (N-methyl/N-ethyl adjacent to an activating group) is 1. The van der Waals surface area contributed by atoms with Crippen molar-refractivity contribution in [3.8, 4) is 0 Å². The summed E-state index contributed by atoms with van der Waals surface area (Å²) in [6, 6.07) is 0. The summed E-state index contributed by atoms with van der Waals surface area (Å²) in [6.07, 6.45) is 38.7. The quantitative estimate of drug-likeness (QED) is 0.0290. The van der Waals surface area contributed by atoms with Crippen molar-refractivity contribution in [2.24, 2.45) is 0 Å². The number of hydrogen-bond donors (Lipinski definition) is 1. The van der Waals surface area contributed by atoms with Crippen molar-refractivity contribution >= 4 is 19.8 Å². The Kier molecular flexibility index (Phi) is 34.9. The van der Waals surface area contributed by atoms with E-state index < -0.39 is 32.5 Å². The molecule has 0 aromatic carbocycles. The van der Waals surface area contributed by atoms with Crippen molar-refractivity contribution in [3.05, 3.63) is 48.6 Å². The molecule has 0 aliphatic heterocycles. The molecule has 0 rings (SSSR count). The van der Waals surface area contributed by atoms with E-state index in [9.17, 15) is 19.0 Å². The lowest BCUT2D eigenvalue weighted by atomic mass is 10.1. The fourth-order valence-electron chi connectivity index (χ4n) is 4.97. The minimum Gasteiger partial charge on any atom is -0.462 e. The van der Waals surface area contributed by atoms with Crippen LogP contribution in [-0.4, -0.2) is 68.3 Å². The molecule has 1 N–H and O–H groups in total. The minimum absolute atomic E-state index is 0.000354. The number of hydrogen-bond acceptors (Lipinski definition) is 8. The Morgan fingerprint density at radius 2 is 1.08 bits per heavy atom. The van der Waals surface area contributed by atoms with Crippen LogP contribution in [0.25, 0.3) is 0 Å². The number of nitrogens with zero attached hydrogens (tertiary/aromatic N) is 1. The van der Waals surface area contributed by atoms with E-state index in [1.54, 1.807) is 0 Å². The molecule has 2 atom stereocenters. The lowest BCUT2D eigenvalue weighted by Crippen LogP contribution is -2.29. The number of rotatable bonds is 36. The molecule has 10 heteroatoms. The molecule has 0 fully saturated rings. The minimum atomic E-state index is -4.36. The molecule has 0 aromatic heterocycles. The van der Waals surface area contributed by atoms with Crippen LogP contribution in [0.5, 0.6) is 0 Å². The summed E-state index contributed by atoms with van der Waals surface area (Å²) in [5.41, 5.74) is 0. The number of carbonyl (C=O) groups is 2. The number of phosphoric acid groups is 1. The predicted octanol–water partition coefficient (Wildman–Crippen LogP) is 11.0. The van der Waals surface area contributed by atoms with Crippen LogP contribution in [0.2, 0.25) is 0 Å². The molecular formula is C41H74NO8P. The number of phosphoric ester groups is 1. The normalized spacial score (nSPS) is 14.0. The third-order valence-electron chi connectivity index (χ3n) is 8.11. The predicted molar refractivity (Wildman–Crippen MR) is 211 cm³/mol. The fraction of sp³-hybridized carbons (Fsp3) is 0.756. The molecule has 296 valence electrons. The van der Waals surface area contributed by atoms with Gasteiger partial charge in [-0.15, -0.1) is 0 Å². The van der Waals surface area contributed by atoms with Gasteiger partial charge < -0.3 is 19.3 Å². The second-order valence-electron chi connectivity index (χ2n) is 13.5. The zero-order valence-corrected chi connectivity index (χ0v) is 33.7. The molecule has 0 aliphatic carbocycles. The van der Waals surface area contributed by atoms with Gasteiger partial charge in [-0.25, -0.2) is 4.57 Å². The molecule has 0 aromatic rings. The second kappa shape index (κ2) is 36.3. The standard InChI is InChI=1S/C41H74NO8P/c1-5-7-9-11-13-15-17-18-19-20-21-22-24-25-27-29-31-33-40(43)47-37-39(38-49-51(45,46)48-36-35-42(3)4)50-41(44)34-32-30-28-26-23-16-14-12-10-8-6-2/h12-15,18-19,21-22,39H,5-11,16-17,20,23-38H2,1-4H3,(H,45,46)/b14-12-,15-13-,19-18-,22-21-.